The first-order chi connectivity index (χ1) is 13.1. The van der Waals surface area contributed by atoms with Crippen LogP contribution in [0.25, 0.3) is 0 Å². The summed E-state index contributed by atoms with van der Waals surface area (Å²) in [4.78, 5) is 12.2. The highest BCUT2D eigenvalue weighted by Crippen LogP contribution is 2.18. The largest absolute Gasteiger partial charge is 0.455 e. The van der Waals surface area contributed by atoms with Gasteiger partial charge >= 0.3 is 0 Å². The molecule has 0 saturated heterocycles. The van der Waals surface area contributed by atoms with Crippen LogP contribution in [0, 0.1) is 0 Å². The molecule has 1 heterocycles. The number of carbonyl (C=O) groups is 1. The molecular formula is C21H20ClNO3S. The third kappa shape index (κ3) is 5.81. The molecule has 0 unspecified atom stereocenters. The molecule has 0 aliphatic rings. The number of benzene rings is 2. The molecule has 0 aliphatic heterocycles. The first kappa shape index (κ1) is 19.4. The van der Waals surface area contributed by atoms with E-state index in [9.17, 15) is 9.00 Å². The number of amides is 1. The van der Waals surface area contributed by atoms with E-state index in [1.54, 1.807) is 18.2 Å². The first-order valence-corrected chi connectivity index (χ1v) is 10.5. The van der Waals surface area contributed by atoms with Gasteiger partial charge in [-0.25, -0.2) is 0 Å². The number of carbonyl (C=O) groups excluding carboxylic acids is 1. The van der Waals surface area contributed by atoms with Crippen LogP contribution < -0.4 is 5.32 Å². The molecule has 4 nitrogen and oxygen atoms in total. The zero-order valence-corrected chi connectivity index (χ0v) is 16.3. The van der Waals surface area contributed by atoms with Crippen molar-refractivity contribution in [3.8, 4) is 0 Å². The molecule has 1 amide bonds. The molecule has 0 bridgehead atoms. The zero-order valence-electron chi connectivity index (χ0n) is 14.7. The minimum absolute atomic E-state index is 0.229. The fourth-order valence-electron chi connectivity index (χ4n) is 2.63. The Morgan fingerprint density at radius 1 is 0.963 bits per heavy atom. The lowest BCUT2D eigenvalue weighted by Gasteiger charge is -2.04. The Kier molecular flexibility index (Phi) is 6.85. The van der Waals surface area contributed by atoms with Crippen LogP contribution >= 0.6 is 11.6 Å². The lowest BCUT2D eigenvalue weighted by Crippen LogP contribution is -2.25. The van der Waals surface area contributed by atoms with Gasteiger partial charge < -0.3 is 9.73 Å². The molecule has 2 aromatic carbocycles. The molecule has 0 fully saturated rings. The molecule has 27 heavy (non-hydrogen) atoms. The Morgan fingerprint density at radius 3 is 2.48 bits per heavy atom. The van der Waals surface area contributed by atoms with E-state index < -0.39 is 10.8 Å². The number of rotatable bonds is 8. The minimum Gasteiger partial charge on any atom is -0.455 e. The molecule has 3 rings (SSSR count). The van der Waals surface area contributed by atoms with Crippen molar-refractivity contribution in [3.05, 3.63) is 94.4 Å². The van der Waals surface area contributed by atoms with Crippen LogP contribution in [0.1, 0.15) is 27.4 Å². The van der Waals surface area contributed by atoms with Crippen LogP contribution in [0.4, 0.5) is 0 Å². The quantitative estimate of drug-likeness (QED) is 0.610. The van der Waals surface area contributed by atoms with Crippen LogP contribution in [0.15, 0.2) is 71.1 Å². The van der Waals surface area contributed by atoms with Crippen molar-refractivity contribution in [3.63, 3.8) is 0 Å². The maximum Gasteiger partial charge on any atom is 0.287 e. The van der Waals surface area contributed by atoms with Gasteiger partial charge in [-0.15, -0.1) is 0 Å². The van der Waals surface area contributed by atoms with Gasteiger partial charge in [-0.05, 0) is 35.7 Å². The summed E-state index contributed by atoms with van der Waals surface area (Å²) in [6.07, 6.45) is 0.752. The maximum absolute atomic E-state index is 12.3. The van der Waals surface area contributed by atoms with Crippen molar-refractivity contribution in [2.75, 3.05) is 6.54 Å². The van der Waals surface area contributed by atoms with E-state index in [1.807, 2.05) is 48.5 Å². The number of halogens is 1. The number of nitrogens with one attached hydrogen (secondary N) is 1. The SMILES string of the molecule is O=C(NCCc1ccccc1)c1ccc(C[S@@](=O)Cc2ccccc2Cl)o1. The van der Waals surface area contributed by atoms with Crippen LogP contribution in [0.5, 0.6) is 0 Å². The van der Waals surface area contributed by atoms with Gasteiger partial charge in [0.25, 0.3) is 5.91 Å². The summed E-state index contributed by atoms with van der Waals surface area (Å²) in [6, 6.07) is 20.6. The summed E-state index contributed by atoms with van der Waals surface area (Å²) in [5.41, 5.74) is 2.00. The third-order valence-corrected chi connectivity index (χ3v) is 5.61. The van der Waals surface area contributed by atoms with Crippen molar-refractivity contribution >= 4 is 28.3 Å². The second-order valence-electron chi connectivity index (χ2n) is 6.08. The lowest BCUT2D eigenvalue weighted by atomic mass is 10.1. The van der Waals surface area contributed by atoms with Gasteiger partial charge in [0.2, 0.25) is 0 Å². The lowest BCUT2D eigenvalue weighted by molar-refractivity contribution is 0.0925. The molecule has 0 spiro atoms. The monoisotopic (exact) mass is 401 g/mol. The third-order valence-electron chi connectivity index (χ3n) is 4.01. The molecule has 1 aromatic heterocycles. The fourth-order valence-corrected chi connectivity index (χ4v) is 4.08. The molecule has 0 aliphatic carbocycles. The normalized spacial score (nSPS) is 11.9. The summed E-state index contributed by atoms with van der Waals surface area (Å²) in [5, 5.41) is 3.44. The zero-order chi connectivity index (χ0) is 19.1. The van der Waals surface area contributed by atoms with Gasteiger partial charge in [0, 0.05) is 22.4 Å². The molecular weight excluding hydrogens is 382 g/mol. The summed E-state index contributed by atoms with van der Waals surface area (Å²) in [6.45, 7) is 0.525. The Hall–Kier alpha value is -2.37. The van der Waals surface area contributed by atoms with E-state index in [1.165, 1.54) is 0 Å². The Morgan fingerprint density at radius 2 is 1.70 bits per heavy atom. The van der Waals surface area contributed by atoms with E-state index in [4.69, 9.17) is 16.0 Å². The maximum atomic E-state index is 12.3. The standard InChI is InChI=1S/C21H20ClNO3S/c22-19-9-5-4-8-17(19)14-27(25)15-18-10-11-20(26-18)21(24)23-13-12-16-6-2-1-3-7-16/h1-11H,12-15H2,(H,23,24)/t27-/m0/s1. The van der Waals surface area contributed by atoms with Gasteiger partial charge in [-0.2, -0.15) is 0 Å². The smallest absolute Gasteiger partial charge is 0.287 e. The average molecular weight is 402 g/mol. The van der Waals surface area contributed by atoms with Gasteiger partial charge in [0.05, 0.1) is 11.5 Å². The predicted octanol–water partition coefficient (Wildman–Crippen LogP) is 4.35. The van der Waals surface area contributed by atoms with Crippen molar-refractivity contribution in [1.82, 2.24) is 5.32 Å². The second kappa shape index (κ2) is 9.53. The Bertz CT molecular complexity index is 924. The van der Waals surface area contributed by atoms with E-state index in [0.29, 0.717) is 23.1 Å². The van der Waals surface area contributed by atoms with Crippen molar-refractivity contribution < 1.29 is 13.4 Å². The predicted molar refractivity (Wildman–Crippen MR) is 108 cm³/mol. The molecule has 0 radical (unpaired) electrons. The van der Waals surface area contributed by atoms with Crippen molar-refractivity contribution in [2.45, 2.75) is 17.9 Å². The second-order valence-corrected chi connectivity index (χ2v) is 7.94. The summed E-state index contributed by atoms with van der Waals surface area (Å²) < 4.78 is 17.9. The average Bonchev–Trinajstić information content (AvgIpc) is 3.13. The van der Waals surface area contributed by atoms with E-state index in [2.05, 4.69) is 5.32 Å². The fraction of sp³-hybridized carbons (Fsp3) is 0.190. The number of hydrogen-bond acceptors (Lipinski definition) is 3. The van der Waals surface area contributed by atoms with Crippen molar-refractivity contribution in [1.29, 1.82) is 0 Å². The van der Waals surface area contributed by atoms with Gasteiger partial charge in [0.15, 0.2) is 5.76 Å². The van der Waals surface area contributed by atoms with Gasteiger partial charge in [-0.3, -0.25) is 9.00 Å². The molecule has 3 aromatic rings. The summed E-state index contributed by atoms with van der Waals surface area (Å²) in [5.74, 6) is 1.07. The van der Waals surface area contributed by atoms with E-state index in [0.717, 1.165) is 17.5 Å². The highest BCUT2D eigenvalue weighted by Gasteiger charge is 2.13. The molecule has 1 N–H and O–H groups in total. The molecule has 1 atom stereocenters. The number of hydrogen-bond donors (Lipinski definition) is 1. The van der Waals surface area contributed by atoms with Crippen LogP contribution in [0.3, 0.4) is 0 Å². The summed E-state index contributed by atoms with van der Waals surface area (Å²) >= 11 is 6.10. The van der Waals surface area contributed by atoms with Gasteiger partial charge in [-0.1, -0.05) is 60.1 Å². The Labute approximate surface area is 166 Å². The first-order valence-electron chi connectivity index (χ1n) is 8.61. The van der Waals surface area contributed by atoms with E-state index >= 15 is 0 Å². The molecule has 6 heteroatoms. The molecule has 0 saturated carbocycles. The topological polar surface area (TPSA) is 59.3 Å². The summed E-state index contributed by atoms with van der Waals surface area (Å²) in [7, 11) is -1.17. The molecule has 140 valence electrons. The van der Waals surface area contributed by atoms with Crippen LogP contribution in [-0.2, 0) is 28.7 Å². The van der Waals surface area contributed by atoms with Gasteiger partial charge in [0.1, 0.15) is 5.76 Å². The van der Waals surface area contributed by atoms with E-state index in [-0.39, 0.29) is 17.4 Å². The van der Waals surface area contributed by atoms with Crippen molar-refractivity contribution in [2.24, 2.45) is 0 Å². The minimum atomic E-state index is -1.17. The number of furan rings is 1. The highest BCUT2D eigenvalue weighted by atomic mass is 35.5. The highest BCUT2D eigenvalue weighted by molar-refractivity contribution is 7.83. The Balaban J connectivity index is 1.49. The van der Waals surface area contributed by atoms with Crippen LogP contribution in [0.2, 0.25) is 5.02 Å². The van der Waals surface area contributed by atoms with Crippen LogP contribution in [-0.4, -0.2) is 16.7 Å².